The molecule has 1 aromatic heterocycles. The first kappa shape index (κ1) is 10.1. The average Bonchev–Trinajstić information content (AvgIpc) is 2.43. The van der Waals surface area contributed by atoms with Gasteiger partial charge >= 0.3 is 0 Å². The van der Waals surface area contributed by atoms with Crippen LogP contribution in [0.25, 0.3) is 0 Å². The van der Waals surface area contributed by atoms with Crippen LogP contribution in [0, 0.1) is 0 Å². The molecule has 0 bridgehead atoms. The molecule has 4 heteroatoms. The summed E-state index contributed by atoms with van der Waals surface area (Å²) in [5, 5.41) is 3.21. The number of imidazole rings is 1. The highest BCUT2D eigenvalue weighted by atomic mass is 15.2. The summed E-state index contributed by atoms with van der Waals surface area (Å²) in [6.45, 7) is 8.00. The molecule has 0 saturated heterocycles. The normalized spacial score (nSPS) is 11.1. The summed E-state index contributed by atoms with van der Waals surface area (Å²) in [6, 6.07) is 0.378. The van der Waals surface area contributed by atoms with E-state index in [4.69, 9.17) is 5.73 Å². The third kappa shape index (κ3) is 2.45. The summed E-state index contributed by atoms with van der Waals surface area (Å²) in [5.74, 6) is 0.600. The van der Waals surface area contributed by atoms with E-state index < -0.39 is 0 Å². The van der Waals surface area contributed by atoms with Gasteiger partial charge in [0.15, 0.2) is 0 Å². The Morgan fingerprint density at radius 1 is 1.62 bits per heavy atom. The monoisotopic (exact) mass is 182 g/mol. The fourth-order valence-electron chi connectivity index (χ4n) is 1.21. The Hall–Kier alpha value is -1.03. The first-order valence-corrected chi connectivity index (χ1v) is 4.69. The highest BCUT2D eigenvalue weighted by Crippen LogP contribution is 2.12. The smallest absolute Gasteiger partial charge is 0.200 e. The Bertz CT molecular complexity index is 265. The second kappa shape index (κ2) is 4.28. The van der Waals surface area contributed by atoms with Crippen LogP contribution in [0.1, 0.15) is 32.5 Å². The van der Waals surface area contributed by atoms with E-state index in [9.17, 15) is 0 Å². The van der Waals surface area contributed by atoms with Crippen LogP contribution in [-0.4, -0.2) is 16.1 Å². The van der Waals surface area contributed by atoms with E-state index in [2.05, 4.69) is 31.1 Å². The minimum atomic E-state index is 0.378. The van der Waals surface area contributed by atoms with Gasteiger partial charge in [-0.05, 0) is 20.4 Å². The molecule has 0 saturated carbocycles. The summed E-state index contributed by atoms with van der Waals surface area (Å²) < 4.78 is 1.98. The molecule has 4 nitrogen and oxygen atoms in total. The van der Waals surface area contributed by atoms with Gasteiger partial charge in [-0.2, -0.15) is 0 Å². The van der Waals surface area contributed by atoms with E-state index in [0.717, 1.165) is 18.8 Å². The van der Waals surface area contributed by atoms with Crippen molar-refractivity contribution >= 4 is 5.95 Å². The Kier molecular flexibility index (Phi) is 3.31. The molecule has 74 valence electrons. The first-order valence-electron chi connectivity index (χ1n) is 4.69. The number of anilines is 1. The van der Waals surface area contributed by atoms with E-state index in [1.807, 2.05) is 10.8 Å². The topological polar surface area (TPSA) is 55.9 Å². The van der Waals surface area contributed by atoms with Crippen molar-refractivity contribution in [2.24, 2.45) is 0 Å². The van der Waals surface area contributed by atoms with Crippen LogP contribution in [0.3, 0.4) is 0 Å². The first-order chi connectivity index (χ1) is 6.15. The predicted octanol–water partition coefficient (Wildman–Crippen LogP) is 1.16. The Labute approximate surface area is 79.1 Å². The lowest BCUT2D eigenvalue weighted by molar-refractivity contribution is 0.607. The maximum atomic E-state index is 5.74. The van der Waals surface area contributed by atoms with Crippen LogP contribution in [0.4, 0.5) is 5.95 Å². The lowest BCUT2D eigenvalue weighted by Gasteiger charge is -2.06. The van der Waals surface area contributed by atoms with Gasteiger partial charge in [0.1, 0.15) is 0 Å². The van der Waals surface area contributed by atoms with Gasteiger partial charge in [-0.1, -0.05) is 6.92 Å². The molecule has 0 aliphatic heterocycles. The number of hydrogen-bond donors (Lipinski definition) is 2. The number of rotatable bonds is 4. The molecule has 0 amide bonds. The second-order valence-electron chi connectivity index (χ2n) is 3.37. The lowest BCUT2D eigenvalue weighted by atomic mass is 10.4. The number of hydrogen-bond acceptors (Lipinski definition) is 3. The van der Waals surface area contributed by atoms with Gasteiger partial charge in [-0.15, -0.1) is 0 Å². The van der Waals surface area contributed by atoms with Gasteiger partial charge in [-0.25, -0.2) is 4.98 Å². The van der Waals surface area contributed by atoms with E-state index in [1.165, 1.54) is 0 Å². The summed E-state index contributed by atoms with van der Waals surface area (Å²) in [5.41, 5.74) is 6.75. The fourth-order valence-corrected chi connectivity index (χ4v) is 1.21. The Balaban J connectivity index is 2.71. The van der Waals surface area contributed by atoms with Crippen LogP contribution in [0.5, 0.6) is 0 Å². The maximum absolute atomic E-state index is 5.74. The van der Waals surface area contributed by atoms with E-state index in [1.54, 1.807) is 0 Å². The van der Waals surface area contributed by atoms with Crippen molar-refractivity contribution in [3.8, 4) is 0 Å². The van der Waals surface area contributed by atoms with Crippen molar-refractivity contribution < 1.29 is 0 Å². The maximum Gasteiger partial charge on any atom is 0.200 e. The standard InChI is InChI=1S/C9H18N4/c1-4-11-5-8-6-13(7(2)3)9(10)12-8/h6-7,11H,4-5H2,1-3H3,(H2,10,12). The molecule has 1 rings (SSSR count). The molecule has 0 aliphatic rings. The molecule has 0 fully saturated rings. The quantitative estimate of drug-likeness (QED) is 0.734. The molecule has 0 radical (unpaired) electrons. The molecule has 3 N–H and O–H groups in total. The van der Waals surface area contributed by atoms with Crippen molar-refractivity contribution in [2.75, 3.05) is 12.3 Å². The van der Waals surface area contributed by atoms with Gasteiger partial charge in [0, 0.05) is 18.8 Å². The predicted molar refractivity (Wildman–Crippen MR) is 54.4 cm³/mol. The molecule has 0 atom stereocenters. The highest BCUT2D eigenvalue weighted by Gasteiger charge is 2.06. The van der Waals surface area contributed by atoms with E-state index in [-0.39, 0.29) is 0 Å². The average molecular weight is 182 g/mol. The zero-order valence-electron chi connectivity index (χ0n) is 8.54. The molecule has 0 aromatic carbocycles. The number of nitrogen functional groups attached to an aromatic ring is 1. The number of nitrogens with one attached hydrogen (secondary N) is 1. The molecular weight excluding hydrogens is 164 g/mol. The molecule has 13 heavy (non-hydrogen) atoms. The highest BCUT2D eigenvalue weighted by molar-refractivity contribution is 5.22. The third-order valence-electron chi connectivity index (χ3n) is 1.92. The number of aromatic nitrogens is 2. The van der Waals surface area contributed by atoms with Crippen molar-refractivity contribution in [1.82, 2.24) is 14.9 Å². The van der Waals surface area contributed by atoms with Gasteiger partial charge in [0.25, 0.3) is 0 Å². The minimum Gasteiger partial charge on any atom is -0.369 e. The lowest BCUT2D eigenvalue weighted by Crippen LogP contribution is -2.11. The van der Waals surface area contributed by atoms with E-state index in [0.29, 0.717) is 12.0 Å². The largest absolute Gasteiger partial charge is 0.369 e. The van der Waals surface area contributed by atoms with Gasteiger partial charge in [-0.3, -0.25) is 0 Å². The van der Waals surface area contributed by atoms with Crippen molar-refractivity contribution in [1.29, 1.82) is 0 Å². The molecule has 0 aliphatic carbocycles. The minimum absolute atomic E-state index is 0.378. The SMILES string of the molecule is CCNCc1cn(C(C)C)c(N)n1. The zero-order chi connectivity index (χ0) is 9.84. The Morgan fingerprint density at radius 3 is 2.77 bits per heavy atom. The molecule has 1 aromatic rings. The summed E-state index contributed by atoms with van der Waals surface area (Å²) in [6.07, 6.45) is 2.00. The van der Waals surface area contributed by atoms with Crippen molar-refractivity contribution in [2.45, 2.75) is 33.4 Å². The summed E-state index contributed by atoms with van der Waals surface area (Å²) >= 11 is 0. The van der Waals surface area contributed by atoms with Crippen molar-refractivity contribution in [3.63, 3.8) is 0 Å². The van der Waals surface area contributed by atoms with Crippen LogP contribution in [0.15, 0.2) is 6.20 Å². The Morgan fingerprint density at radius 2 is 2.31 bits per heavy atom. The zero-order valence-corrected chi connectivity index (χ0v) is 8.54. The van der Waals surface area contributed by atoms with Gasteiger partial charge in [0.05, 0.1) is 5.69 Å². The third-order valence-corrected chi connectivity index (χ3v) is 1.92. The molecule has 1 heterocycles. The van der Waals surface area contributed by atoms with Crippen LogP contribution in [0.2, 0.25) is 0 Å². The molecular formula is C9H18N4. The fraction of sp³-hybridized carbons (Fsp3) is 0.667. The van der Waals surface area contributed by atoms with Gasteiger partial charge in [0.2, 0.25) is 5.95 Å². The second-order valence-corrected chi connectivity index (χ2v) is 3.37. The van der Waals surface area contributed by atoms with E-state index >= 15 is 0 Å². The van der Waals surface area contributed by atoms with Crippen LogP contribution in [-0.2, 0) is 6.54 Å². The summed E-state index contributed by atoms with van der Waals surface area (Å²) in [4.78, 5) is 4.25. The number of nitrogens with two attached hydrogens (primary N) is 1. The number of nitrogens with zero attached hydrogens (tertiary/aromatic N) is 2. The molecule has 0 spiro atoms. The van der Waals surface area contributed by atoms with Crippen LogP contribution < -0.4 is 11.1 Å². The van der Waals surface area contributed by atoms with Gasteiger partial charge < -0.3 is 15.6 Å². The van der Waals surface area contributed by atoms with Crippen LogP contribution >= 0.6 is 0 Å². The summed E-state index contributed by atoms with van der Waals surface area (Å²) in [7, 11) is 0. The molecule has 0 unspecified atom stereocenters. The van der Waals surface area contributed by atoms with Crippen molar-refractivity contribution in [3.05, 3.63) is 11.9 Å².